The van der Waals surface area contributed by atoms with Gasteiger partial charge in [-0.25, -0.2) is 8.42 Å². The average molecular weight is 383 g/mol. The molecule has 1 aromatic carbocycles. The first-order valence-electron chi connectivity index (χ1n) is 8.60. The highest BCUT2D eigenvalue weighted by molar-refractivity contribution is 7.91. The van der Waals surface area contributed by atoms with Crippen LogP contribution in [0.3, 0.4) is 0 Å². The highest BCUT2D eigenvalue weighted by Crippen LogP contribution is 2.32. The lowest BCUT2D eigenvalue weighted by atomic mass is 9.88. The molecule has 0 radical (unpaired) electrons. The number of carboxylic acids is 1. The van der Waals surface area contributed by atoms with Gasteiger partial charge in [-0.2, -0.15) is 0 Å². The molecule has 1 saturated heterocycles. The minimum absolute atomic E-state index is 0.0424. The molecule has 1 amide bonds. The first-order valence-corrected chi connectivity index (χ1v) is 10.3. The van der Waals surface area contributed by atoms with E-state index in [2.05, 4.69) is 0 Å². The number of benzene rings is 1. The van der Waals surface area contributed by atoms with Gasteiger partial charge in [0.2, 0.25) is 0 Å². The maximum absolute atomic E-state index is 12.6. The van der Waals surface area contributed by atoms with Crippen LogP contribution in [0.1, 0.15) is 36.5 Å². The second kappa shape index (κ2) is 8.18. The standard InChI is InChI=1S/C18H25NO6S/c1-3-4-11-26(23,24)15-7-5-14(6-8-15)16(20)19-10-9-18(12-19,13-25-2)17(21)22/h5-8H,3-4,9-13H2,1-2H3,(H,21,22). The number of amides is 1. The van der Waals surface area contributed by atoms with Gasteiger partial charge in [-0.3, -0.25) is 9.59 Å². The lowest BCUT2D eigenvalue weighted by molar-refractivity contribution is -0.151. The molecule has 0 saturated carbocycles. The summed E-state index contributed by atoms with van der Waals surface area (Å²) in [5.41, 5.74) is -0.744. The molecular weight excluding hydrogens is 358 g/mol. The van der Waals surface area contributed by atoms with Gasteiger partial charge in [0, 0.05) is 25.8 Å². The molecule has 1 atom stereocenters. The average Bonchev–Trinajstić information content (AvgIpc) is 3.05. The van der Waals surface area contributed by atoms with E-state index in [4.69, 9.17) is 4.74 Å². The molecule has 1 aliphatic rings. The van der Waals surface area contributed by atoms with Crippen molar-refractivity contribution in [2.75, 3.05) is 32.6 Å². The van der Waals surface area contributed by atoms with Crippen molar-refractivity contribution in [3.05, 3.63) is 29.8 Å². The fourth-order valence-electron chi connectivity index (χ4n) is 3.12. The van der Waals surface area contributed by atoms with E-state index in [1.54, 1.807) is 0 Å². The number of sulfone groups is 1. The molecule has 26 heavy (non-hydrogen) atoms. The Hall–Kier alpha value is -1.93. The van der Waals surface area contributed by atoms with Crippen molar-refractivity contribution in [1.29, 1.82) is 0 Å². The van der Waals surface area contributed by atoms with Gasteiger partial charge in [0.05, 0.1) is 17.3 Å². The van der Waals surface area contributed by atoms with Gasteiger partial charge in [-0.15, -0.1) is 0 Å². The molecule has 144 valence electrons. The number of carbonyl (C=O) groups excluding carboxylic acids is 1. The fourth-order valence-corrected chi connectivity index (χ4v) is 4.57. The van der Waals surface area contributed by atoms with Gasteiger partial charge in [0.1, 0.15) is 5.41 Å². The number of likely N-dealkylation sites (tertiary alicyclic amines) is 1. The number of ether oxygens (including phenoxy) is 1. The highest BCUT2D eigenvalue weighted by atomic mass is 32.2. The molecule has 7 nitrogen and oxygen atoms in total. The zero-order valence-electron chi connectivity index (χ0n) is 15.1. The SMILES string of the molecule is CCCCS(=O)(=O)c1ccc(C(=O)N2CCC(COC)(C(=O)O)C2)cc1. The number of rotatable bonds is 8. The number of aliphatic carboxylic acids is 1. The van der Waals surface area contributed by atoms with Gasteiger partial charge in [0.25, 0.3) is 5.91 Å². The maximum atomic E-state index is 12.6. The van der Waals surface area contributed by atoms with Crippen LogP contribution in [0.4, 0.5) is 0 Å². The zero-order chi connectivity index (χ0) is 19.4. The van der Waals surface area contributed by atoms with Gasteiger partial charge in [-0.1, -0.05) is 13.3 Å². The Morgan fingerprint density at radius 3 is 2.46 bits per heavy atom. The maximum Gasteiger partial charge on any atom is 0.313 e. The van der Waals surface area contributed by atoms with E-state index in [-0.39, 0.29) is 29.7 Å². The predicted molar refractivity (Wildman–Crippen MR) is 95.9 cm³/mol. The van der Waals surface area contributed by atoms with Crippen LogP contribution >= 0.6 is 0 Å². The Labute approximate surface area is 153 Å². The van der Waals surface area contributed by atoms with E-state index in [1.165, 1.54) is 36.3 Å². The van der Waals surface area contributed by atoms with E-state index in [9.17, 15) is 23.1 Å². The number of unbranched alkanes of at least 4 members (excludes halogenated alkanes) is 1. The Balaban J connectivity index is 2.13. The number of carbonyl (C=O) groups is 2. The zero-order valence-corrected chi connectivity index (χ0v) is 15.9. The van der Waals surface area contributed by atoms with Crippen LogP contribution in [-0.2, 0) is 19.4 Å². The molecular formula is C18H25NO6S. The summed E-state index contributed by atoms with van der Waals surface area (Å²) in [6.45, 7) is 2.37. The van der Waals surface area contributed by atoms with E-state index >= 15 is 0 Å². The molecule has 2 rings (SSSR count). The molecule has 1 heterocycles. The first kappa shape index (κ1) is 20.4. The van der Waals surface area contributed by atoms with Crippen molar-refractivity contribution < 1.29 is 27.9 Å². The van der Waals surface area contributed by atoms with Crippen LogP contribution in [0.25, 0.3) is 0 Å². The van der Waals surface area contributed by atoms with Crippen LogP contribution in [0, 0.1) is 5.41 Å². The third kappa shape index (κ3) is 4.24. The molecule has 1 aromatic rings. The summed E-state index contributed by atoms with van der Waals surface area (Å²) in [5, 5.41) is 9.48. The lowest BCUT2D eigenvalue weighted by Gasteiger charge is -2.23. The number of hydrogen-bond acceptors (Lipinski definition) is 5. The summed E-state index contributed by atoms with van der Waals surface area (Å²) in [6.07, 6.45) is 1.70. The summed E-state index contributed by atoms with van der Waals surface area (Å²) >= 11 is 0. The predicted octanol–water partition coefficient (Wildman–Crippen LogP) is 1.82. The molecule has 0 aromatic heterocycles. The Morgan fingerprint density at radius 1 is 1.27 bits per heavy atom. The smallest absolute Gasteiger partial charge is 0.313 e. The summed E-state index contributed by atoms with van der Waals surface area (Å²) in [5.74, 6) is -1.20. The molecule has 0 spiro atoms. The molecule has 1 fully saturated rings. The molecule has 1 aliphatic heterocycles. The summed E-state index contributed by atoms with van der Waals surface area (Å²) in [6, 6.07) is 5.85. The Morgan fingerprint density at radius 2 is 1.92 bits per heavy atom. The summed E-state index contributed by atoms with van der Waals surface area (Å²) in [4.78, 5) is 25.9. The molecule has 1 N–H and O–H groups in total. The van der Waals surface area contributed by atoms with E-state index in [0.29, 0.717) is 24.9 Å². The van der Waals surface area contributed by atoms with Crippen LogP contribution in [-0.4, -0.2) is 62.9 Å². The molecule has 0 aliphatic carbocycles. The third-order valence-corrected chi connectivity index (χ3v) is 6.56. The largest absolute Gasteiger partial charge is 0.481 e. The van der Waals surface area contributed by atoms with Crippen molar-refractivity contribution in [3.8, 4) is 0 Å². The minimum Gasteiger partial charge on any atom is -0.481 e. The number of methoxy groups -OCH3 is 1. The summed E-state index contributed by atoms with van der Waals surface area (Å²) < 4.78 is 29.4. The molecule has 0 bridgehead atoms. The Kier molecular flexibility index (Phi) is 6.41. The highest BCUT2D eigenvalue weighted by Gasteiger charge is 2.46. The van der Waals surface area contributed by atoms with Crippen molar-refractivity contribution in [2.45, 2.75) is 31.1 Å². The van der Waals surface area contributed by atoms with Gasteiger partial charge >= 0.3 is 5.97 Å². The quantitative estimate of drug-likeness (QED) is 0.735. The number of carboxylic acid groups (broad SMARTS) is 1. The van der Waals surface area contributed by atoms with Crippen molar-refractivity contribution in [2.24, 2.45) is 5.41 Å². The number of hydrogen-bond donors (Lipinski definition) is 1. The topological polar surface area (TPSA) is 101 Å². The second-order valence-corrected chi connectivity index (χ2v) is 8.80. The minimum atomic E-state index is -3.34. The van der Waals surface area contributed by atoms with Gasteiger partial charge < -0.3 is 14.7 Å². The first-order chi connectivity index (χ1) is 12.3. The monoisotopic (exact) mass is 383 g/mol. The lowest BCUT2D eigenvalue weighted by Crippen LogP contribution is -2.40. The van der Waals surface area contributed by atoms with E-state index in [1.807, 2.05) is 6.92 Å². The normalized spacial score (nSPS) is 20.3. The Bertz CT molecular complexity index is 758. The van der Waals surface area contributed by atoms with E-state index in [0.717, 1.165) is 6.42 Å². The van der Waals surface area contributed by atoms with Crippen molar-refractivity contribution >= 4 is 21.7 Å². The molecule has 8 heteroatoms. The van der Waals surface area contributed by atoms with Gasteiger partial charge in [0.15, 0.2) is 9.84 Å². The number of nitrogens with zero attached hydrogens (tertiary/aromatic N) is 1. The van der Waals surface area contributed by atoms with Crippen LogP contribution < -0.4 is 0 Å². The van der Waals surface area contributed by atoms with Crippen LogP contribution in [0.15, 0.2) is 29.2 Å². The van der Waals surface area contributed by atoms with Gasteiger partial charge in [-0.05, 0) is 37.1 Å². The fraction of sp³-hybridized carbons (Fsp3) is 0.556. The third-order valence-electron chi connectivity index (χ3n) is 4.74. The van der Waals surface area contributed by atoms with Crippen molar-refractivity contribution in [3.63, 3.8) is 0 Å². The second-order valence-electron chi connectivity index (χ2n) is 6.69. The van der Waals surface area contributed by atoms with Crippen LogP contribution in [0.2, 0.25) is 0 Å². The van der Waals surface area contributed by atoms with Crippen molar-refractivity contribution in [1.82, 2.24) is 4.90 Å². The summed E-state index contributed by atoms with van der Waals surface area (Å²) in [7, 11) is -1.90. The molecule has 1 unspecified atom stereocenters. The van der Waals surface area contributed by atoms with Crippen LogP contribution in [0.5, 0.6) is 0 Å². The van der Waals surface area contributed by atoms with E-state index < -0.39 is 21.2 Å².